The highest BCUT2D eigenvalue weighted by Crippen LogP contribution is 2.28. The van der Waals surface area contributed by atoms with Crippen LogP contribution in [-0.4, -0.2) is 20.9 Å². The molecule has 0 radical (unpaired) electrons. The number of hydrogen-bond donors (Lipinski definition) is 1. The summed E-state index contributed by atoms with van der Waals surface area (Å²) in [6.07, 6.45) is -2.66. The van der Waals surface area contributed by atoms with Gasteiger partial charge in [-0.3, -0.25) is 4.68 Å². The van der Waals surface area contributed by atoms with Crippen LogP contribution in [0.5, 0.6) is 0 Å². The highest BCUT2D eigenvalue weighted by molar-refractivity contribution is 6.35. The molecule has 0 fully saturated rings. The van der Waals surface area contributed by atoms with E-state index in [9.17, 15) is 18.7 Å². The SMILES string of the molecule is O=C(O)c1nn(Cc2ccc(Cl)cc2Cl)c2cc(C(F)F)ccc12. The van der Waals surface area contributed by atoms with Gasteiger partial charge in [-0.1, -0.05) is 35.3 Å². The van der Waals surface area contributed by atoms with Gasteiger partial charge in [-0.15, -0.1) is 0 Å². The molecule has 0 saturated carbocycles. The van der Waals surface area contributed by atoms with Crippen molar-refractivity contribution in [1.29, 1.82) is 0 Å². The molecule has 0 atom stereocenters. The highest BCUT2D eigenvalue weighted by atomic mass is 35.5. The number of carbonyl (C=O) groups is 1. The Morgan fingerprint density at radius 2 is 1.96 bits per heavy atom. The zero-order chi connectivity index (χ0) is 17.4. The summed E-state index contributed by atoms with van der Waals surface area (Å²) in [5.41, 5.74) is 0.541. The Morgan fingerprint density at radius 1 is 1.21 bits per heavy atom. The first-order chi connectivity index (χ1) is 11.4. The van der Waals surface area contributed by atoms with Crippen LogP contribution in [0.25, 0.3) is 10.9 Å². The van der Waals surface area contributed by atoms with Crippen LogP contribution in [0.1, 0.15) is 28.0 Å². The number of alkyl halides is 2. The molecule has 24 heavy (non-hydrogen) atoms. The van der Waals surface area contributed by atoms with Gasteiger partial charge in [0.05, 0.1) is 12.1 Å². The Morgan fingerprint density at radius 3 is 2.58 bits per heavy atom. The summed E-state index contributed by atoms with van der Waals surface area (Å²) in [6, 6.07) is 8.64. The fourth-order valence-corrected chi connectivity index (χ4v) is 2.88. The Balaban J connectivity index is 2.15. The molecule has 124 valence electrons. The van der Waals surface area contributed by atoms with Gasteiger partial charge in [0.15, 0.2) is 5.69 Å². The Labute approximate surface area is 145 Å². The number of fused-ring (bicyclic) bond motifs is 1. The summed E-state index contributed by atoms with van der Waals surface area (Å²) in [4.78, 5) is 11.3. The third kappa shape index (κ3) is 3.07. The molecule has 1 N–H and O–H groups in total. The third-order valence-electron chi connectivity index (χ3n) is 3.57. The first-order valence-corrected chi connectivity index (χ1v) is 7.58. The minimum absolute atomic E-state index is 0.131. The summed E-state index contributed by atoms with van der Waals surface area (Å²) < 4.78 is 27.2. The van der Waals surface area contributed by atoms with Gasteiger partial charge in [0, 0.05) is 21.0 Å². The summed E-state index contributed by atoms with van der Waals surface area (Å²) in [7, 11) is 0. The molecular weight excluding hydrogens is 361 g/mol. The molecule has 0 spiro atoms. The van der Waals surface area contributed by atoms with Gasteiger partial charge in [0.25, 0.3) is 6.43 Å². The normalized spacial score (nSPS) is 11.4. The Hall–Kier alpha value is -2.18. The zero-order valence-corrected chi connectivity index (χ0v) is 13.5. The van der Waals surface area contributed by atoms with Crippen molar-refractivity contribution in [2.24, 2.45) is 0 Å². The third-order valence-corrected chi connectivity index (χ3v) is 4.15. The fraction of sp³-hybridized carbons (Fsp3) is 0.125. The van der Waals surface area contributed by atoms with Gasteiger partial charge >= 0.3 is 5.97 Å². The van der Waals surface area contributed by atoms with Crippen molar-refractivity contribution >= 4 is 40.1 Å². The second-order valence-electron chi connectivity index (χ2n) is 5.12. The zero-order valence-electron chi connectivity index (χ0n) is 12.0. The van der Waals surface area contributed by atoms with Crippen LogP contribution >= 0.6 is 23.2 Å². The minimum Gasteiger partial charge on any atom is -0.476 e. The van der Waals surface area contributed by atoms with Crippen molar-refractivity contribution in [1.82, 2.24) is 9.78 Å². The van der Waals surface area contributed by atoms with Crippen molar-refractivity contribution in [2.45, 2.75) is 13.0 Å². The van der Waals surface area contributed by atoms with E-state index >= 15 is 0 Å². The van der Waals surface area contributed by atoms with Gasteiger partial charge in [0.2, 0.25) is 0 Å². The maximum Gasteiger partial charge on any atom is 0.357 e. The first-order valence-electron chi connectivity index (χ1n) is 6.82. The van der Waals surface area contributed by atoms with Gasteiger partial charge in [0.1, 0.15) is 0 Å². The predicted octanol–water partition coefficient (Wildman–Crippen LogP) is 5.03. The van der Waals surface area contributed by atoms with Gasteiger partial charge in [-0.25, -0.2) is 13.6 Å². The predicted molar refractivity (Wildman–Crippen MR) is 87.2 cm³/mol. The van der Waals surface area contributed by atoms with Crippen LogP contribution in [0.3, 0.4) is 0 Å². The van der Waals surface area contributed by atoms with Crippen molar-refractivity contribution in [2.75, 3.05) is 0 Å². The number of rotatable bonds is 4. The molecule has 0 aliphatic carbocycles. The first kappa shape index (κ1) is 16.7. The number of nitrogens with zero attached hydrogens (tertiary/aromatic N) is 2. The number of halogens is 4. The molecule has 4 nitrogen and oxygen atoms in total. The van der Waals surface area contributed by atoms with E-state index in [-0.39, 0.29) is 23.2 Å². The van der Waals surface area contributed by atoms with Crippen molar-refractivity contribution in [3.63, 3.8) is 0 Å². The van der Waals surface area contributed by atoms with E-state index in [4.69, 9.17) is 23.2 Å². The summed E-state index contributed by atoms with van der Waals surface area (Å²) in [5.74, 6) is -1.23. The van der Waals surface area contributed by atoms with Gasteiger partial charge < -0.3 is 5.11 Å². The molecule has 0 unspecified atom stereocenters. The molecule has 0 aliphatic heterocycles. The summed E-state index contributed by atoms with van der Waals surface area (Å²) in [6.45, 7) is 0.131. The molecule has 0 bridgehead atoms. The standard InChI is InChI=1S/C16H10Cl2F2N2O2/c17-10-3-1-9(12(18)6-10)7-22-13-5-8(15(19)20)2-4-11(13)14(21-22)16(23)24/h1-6,15H,7H2,(H,23,24). The molecule has 3 aromatic rings. The van der Waals surface area contributed by atoms with Crippen LogP contribution in [0, 0.1) is 0 Å². The van der Waals surface area contributed by atoms with Gasteiger partial charge in [-0.05, 0) is 29.8 Å². The largest absolute Gasteiger partial charge is 0.476 e. The van der Waals surface area contributed by atoms with Crippen LogP contribution in [0.15, 0.2) is 36.4 Å². The highest BCUT2D eigenvalue weighted by Gasteiger charge is 2.19. The van der Waals surface area contributed by atoms with E-state index in [1.807, 2.05) is 0 Å². The van der Waals surface area contributed by atoms with Crippen molar-refractivity contribution < 1.29 is 18.7 Å². The minimum atomic E-state index is -2.66. The number of benzene rings is 2. The Kier molecular flexibility index (Phi) is 4.43. The molecule has 1 aromatic heterocycles. The lowest BCUT2D eigenvalue weighted by Gasteiger charge is -2.07. The van der Waals surface area contributed by atoms with Crippen LogP contribution < -0.4 is 0 Å². The van der Waals surface area contributed by atoms with E-state index < -0.39 is 12.4 Å². The maximum atomic E-state index is 12.9. The number of carboxylic acid groups (broad SMARTS) is 1. The second-order valence-corrected chi connectivity index (χ2v) is 5.97. The smallest absolute Gasteiger partial charge is 0.357 e. The number of hydrogen-bond acceptors (Lipinski definition) is 2. The Bertz CT molecular complexity index is 941. The molecular formula is C16H10Cl2F2N2O2. The monoisotopic (exact) mass is 370 g/mol. The maximum absolute atomic E-state index is 12.9. The van der Waals surface area contributed by atoms with E-state index in [0.717, 1.165) is 0 Å². The number of aromatic nitrogens is 2. The number of carboxylic acids is 1. The molecule has 0 saturated heterocycles. The lowest BCUT2D eigenvalue weighted by molar-refractivity contribution is 0.0691. The average Bonchev–Trinajstić information content (AvgIpc) is 2.88. The quantitative estimate of drug-likeness (QED) is 0.700. The van der Waals surface area contributed by atoms with E-state index in [2.05, 4.69) is 5.10 Å². The lowest BCUT2D eigenvalue weighted by Crippen LogP contribution is -2.05. The molecule has 3 rings (SSSR count). The molecule has 0 aliphatic rings. The van der Waals surface area contributed by atoms with Crippen LogP contribution in [0.2, 0.25) is 10.0 Å². The summed E-state index contributed by atoms with van der Waals surface area (Å²) >= 11 is 12.0. The fourth-order valence-electron chi connectivity index (χ4n) is 2.42. The molecule has 2 aromatic carbocycles. The van der Waals surface area contributed by atoms with E-state index in [0.29, 0.717) is 21.1 Å². The molecule has 8 heteroatoms. The van der Waals surface area contributed by atoms with Crippen molar-refractivity contribution in [3.8, 4) is 0 Å². The second kappa shape index (κ2) is 6.37. The summed E-state index contributed by atoms with van der Waals surface area (Å²) in [5, 5.41) is 14.4. The molecule has 0 amide bonds. The van der Waals surface area contributed by atoms with Crippen LogP contribution in [0.4, 0.5) is 8.78 Å². The number of aromatic carboxylic acids is 1. The lowest BCUT2D eigenvalue weighted by atomic mass is 10.1. The van der Waals surface area contributed by atoms with E-state index in [1.165, 1.54) is 22.9 Å². The molecule has 1 heterocycles. The average molecular weight is 371 g/mol. The topological polar surface area (TPSA) is 55.1 Å². The van der Waals surface area contributed by atoms with Crippen LogP contribution in [-0.2, 0) is 6.54 Å². The van der Waals surface area contributed by atoms with Gasteiger partial charge in [-0.2, -0.15) is 5.10 Å². The van der Waals surface area contributed by atoms with Crippen molar-refractivity contribution in [3.05, 3.63) is 63.3 Å². The van der Waals surface area contributed by atoms with E-state index in [1.54, 1.807) is 18.2 Å².